The van der Waals surface area contributed by atoms with Crippen molar-refractivity contribution in [3.63, 3.8) is 0 Å². The van der Waals surface area contributed by atoms with E-state index in [9.17, 15) is 18.3 Å². The minimum absolute atomic E-state index is 0.0214. The van der Waals surface area contributed by atoms with Crippen LogP contribution in [0.1, 0.15) is 56.3 Å². The fourth-order valence-electron chi connectivity index (χ4n) is 5.67. The van der Waals surface area contributed by atoms with Crippen LogP contribution in [-0.2, 0) is 10.0 Å². The molecule has 2 aliphatic rings. The maximum Gasteiger partial charge on any atom is 0.261 e. The Labute approximate surface area is 238 Å². The molecule has 0 spiro atoms. The summed E-state index contributed by atoms with van der Waals surface area (Å²) in [7, 11) is -0.261. The first-order chi connectivity index (χ1) is 19.1. The number of nitrogens with zero attached hydrogens (tertiary/aromatic N) is 2. The van der Waals surface area contributed by atoms with Crippen LogP contribution in [0.25, 0.3) is 0 Å². The first-order valence-electron chi connectivity index (χ1n) is 14.2. The molecule has 1 saturated carbocycles. The third-order valence-corrected chi connectivity index (χ3v) is 9.47. The van der Waals surface area contributed by atoms with Gasteiger partial charge >= 0.3 is 0 Å². The average molecular weight is 574 g/mol. The van der Waals surface area contributed by atoms with Crippen molar-refractivity contribution in [2.45, 2.75) is 63.0 Å². The fraction of sp³-hybridized carbons (Fsp3) is 0.567. The van der Waals surface area contributed by atoms with Gasteiger partial charge in [0.2, 0.25) is 0 Å². The summed E-state index contributed by atoms with van der Waals surface area (Å²) < 4.78 is 40.3. The molecule has 2 aromatic rings. The minimum atomic E-state index is -3.90. The molecule has 0 aromatic heterocycles. The molecular weight excluding hydrogens is 530 g/mol. The van der Waals surface area contributed by atoms with Crippen molar-refractivity contribution < 1.29 is 27.8 Å². The van der Waals surface area contributed by atoms with E-state index >= 15 is 0 Å². The van der Waals surface area contributed by atoms with E-state index in [1.165, 1.54) is 57.4 Å². The van der Waals surface area contributed by atoms with Crippen LogP contribution in [0, 0.1) is 11.8 Å². The van der Waals surface area contributed by atoms with Gasteiger partial charge in [-0.3, -0.25) is 9.52 Å². The molecule has 1 fully saturated rings. The van der Waals surface area contributed by atoms with Crippen molar-refractivity contribution in [2.75, 3.05) is 45.1 Å². The highest BCUT2D eigenvalue weighted by Gasteiger charge is 2.34. The second-order valence-corrected chi connectivity index (χ2v) is 13.0. The molecule has 3 atom stereocenters. The highest BCUT2D eigenvalue weighted by atomic mass is 32.2. The summed E-state index contributed by atoms with van der Waals surface area (Å²) in [5.74, 6) is 1.38. The maximum absolute atomic E-state index is 13.7. The zero-order valence-corrected chi connectivity index (χ0v) is 24.8. The predicted octanol–water partition coefficient (Wildman–Crippen LogP) is 4.23. The van der Waals surface area contributed by atoms with Gasteiger partial charge in [-0.25, -0.2) is 8.42 Å². The Kier molecular flexibility index (Phi) is 9.97. The van der Waals surface area contributed by atoms with Gasteiger partial charge in [-0.05, 0) is 75.2 Å². The van der Waals surface area contributed by atoms with E-state index in [0.717, 1.165) is 6.54 Å². The molecule has 1 amide bonds. The molecule has 1 aliphatic carbocycles. The lowest BCUT2D eigenvalue weighted by Crippen LogP contribution is -2.50. The number of benzene rings is 2. The largest absolute Gasteiger partial charge is 0.497 e. The normalized spacial score (nSPS) is 21.2. The van der Waals surface area contributed by atoms with Crippen LogP contribution in [0.5, 0.6) is 11.5 Å². The van der Waals surface area contributed by atoms with Gasteiger partial charge < -0.3 is 24.4 Å². The minimum Gasteiger partial charge on any atom is -0.497 e. The predicted molar refractivity (Wildman–Crippen MR) is 155 cm³/mol. The van der Waals surface area contributed by atoms with E-state index in [-0.39, 0.29) is 40.7 Å². The van der Waals surface area contributed by atoms with Crippen LogP contribution in [0.2, 0.25) is 0 Å². The molecule has 0 saturated heterocycles. The summed E-state index contributed by atoms with van der Waals surface area (Å²) in [6, 6.07) is 10.5. The molecular formula is C30H43N3O6S. The fourth-order valence-corrected chi connectivity index (χ4v) is 6.71. The number of aliphatic hydroxyl groups excluding tert-OH is 1. The first-order valence-corrected chi connectivity index (χ1v) is 15.7. The molecule has 0 unspecified atom stereocenters. The number of amides is 1. The van der Waals surface area contributed by atoms with Crippen LogP contribution >= 0.6 is 0 Å². The van der Waals surface area contributed by atoms with Gasteiger partial charge in [-0.15, -0.1) is 0 Å². The molecule has 10 heteroatoms. The van der Waals surface area contributed by atoms with E-state index in [4.69, 9.17) is 9.47 Å². The van der Waals surface area contributed by atoms with Gasteiger partial charge in [-0.1, -0.05) is 26.2 Å². The standard InChI is InChI=1S/C30H43N3O6S/c1-21-17-33(22(2)20-34)30(35)27-16-24(31-40(36,37)26-13-11-25(38-4)12-14-26)10-15-28(27)39-29(21)19-32(3)18-23-8-6-5-7-9-23/h10-16,21-23,29,31,34H,5-9,17-20H2,1-4H3/t21-,22+,29-/m1/s1. The quantitative estimate of drug-likeness (QED) is 0.438. The number of fused-ring (bicyclic) bond motifs is 1. The van der Waals surface area contributed by atoms with Gasteiger partial charge in [0.05, 0.1) is 30.2 Å². The van der Waals surface area contributed by atoms with Crippen molar-refractivity contribution >= 4 is 21.6 Å². The Hall–Kier alpha value is -2.82. The SMILES string of the molecule is COc1ccc(S(=O)(=O)Nc2ccc3c(c2)C(=O)N([C@@H](C)CO)C[C@@H](C)[C@@H](CN(C)CC2CCCCC2)O3)cc1. The number of likely N-dealkylation sites (N-methyl/N-ethyl adjacent to an activating group) is 1. The lowest BCUT2D eigenvalue weighted by atomic mass is 9.89. The van der Waals surface area contributed by atoms with Crippen LogP contribution in [0.15, 0.2) is 47.4 Å². The third kappa shape index (κ3) is 7.27. The Bertz CT molecular complexity index is 1250. The van der Waals surface area contributed by atoms with E-state index in [2.05, 4.69) is 23.6 Å². The molecule has 4 rings (SSSR count). The molecule has 2 aromatic carbocycles. The number of rotatable bonds is 10. The second kappa shape index (κ2) is 13.2. The summed E-state index contributed by atoms with van der Waals surface area (Å²) in [6.07, 6.45) is 6.26. The van der Waals surface area contributed by atoms with Gasteiger partial charge in [0.1, 0.15) is 17.6 Å². The number of carbonyl (C=O) groups is 1. The van der Waals surface area contributed by atoms with Crippen LogP contribution in [0.4, 0.5) is 5.69 Å². The molecule has 0 radical (unpaired) electrons. The zero-order chi connectivity index (χ0) is 28.9. The third-order valence-electron chi connectivity index (χ3n) is 8.07. The highest BCUT2D eigenvalue weighted by Crippen LogP contribution is 2.32. The summed E-state index contributed by atoms with van der Waals surface area (Å²) in [4.78, 5) is 17.8. The number of anilines is 1. The summed E-state index contributed by atoms with van der Waals surface area (Å²) in [5.41, 5.74) is 0.518. The van der Waals surface area contributed by atoms with Crippen molar-refractivity contribution in [1.29, 1.82) is 0 Å². The number of hydrogen-bond acceptors (Lipinski definition) is 7. The Morgan fingerprint density at radius 1 is 1.12 bits per heavy atom. The molecule has 9 nitrogen and oxygen atoms in total. The number of methoxy groups -OCH3 is 1. The monoisotopic (exact) mass is 573 g/mol. The molecule has 220 valence electrons. The number of hydrogen-bond donors (Lipinski definition) is 2. The van der Waals surface area contributed by atoms with Crippen LogP contribution < -0.4 is 14.2 Å². The van der Waals surface area contributed by atoms with Crippen molar-refractivity contribution in [2.24, 2.45) is 11.8 Å². The number of nitrogens with one attached hydrogen (secondary N) is 1. The number of aliphatic hydroxyl groups is 1. The van der Waals surface area contributed by atoms with Crippen molar-refractivity contribution in [3.8, 4) is 11.5 Å². The maximum atomic E-state index is 13.7. The smallest absolute Gasteiger partial charge is 0.261 e. The molecule has 0 bridgehead atoms. The molecule has 1 heterocycles. The van der Waals surface area contributed by atoms with E-state index in [1.807, 2.05) is 6.92 Å². The number of carbonyl (C=O) groups excluding carboxylic acids is 1. The van der Waals surface area contributed by atoms with Crippen LogP contribution in [-0.4, -0.2) is 81.8 Å². The highest BCUT2D eigenvalue weighted by molar-refractivity contribution is 7.92. The lowest BCUT2D eigenvalue weighted by molar-refractivity contribution is 0.0330. The van der Waals surface area contributed by atoms with Crippen molar-refractivity contribution in [3.05, 3.63) is 48.0 Å². The molecule has 1 aliphatic heterocycles. The summed E-state index contributed by atoms with van der Waals surface area (Å²) in [5, 5.41) is 9.93. The van der Waals surface area contributed by atoms with Gasteiger partial charge in [0.25, 0.3) is 15.9 Å². The molecule has 40 heavy (non-hydrogen) atoms. The number of ether oxygens (including phenoxy) is 2. The molecule has 2 N–H and O–H groups in total. The first kappa shape index (κ1) is 30.1. The Balaban J connectivity index is 1.59. The topological polar surface area (TPSA) is 108 Å². The van der Waals surface area contributed by atoms with Gasteiger partial charge in [-0.2, -0.15) is 0 Å². The number of sulfonamides is 1. The average Bonchev–Trinajstić information content (AvgIpc) is 2.95. The summed E-state index contributed by atoms with van der Waals surface area (Å²) >= 11 is 0. The van der Waals surface area contributed by atoms with Gasteiger partial charge in [0.15, 0.2) is 0 Å². The van der Waals surface area contributed by atoms with Crippen molar-refractivity contribution in [1.82, 2.24) is 9.80 Å². The van der Waals surface area contributed by atoms with Gasteiger partial charge in [0, 0.05) is 31.2 Å². The van der Waals surface area contributed by atoms with Crippen LogP contribution in [0.3, 0.4) is 0 Å². The second-order valence-electron chi connectivity index (χ2n) is 11.3. The van der Waals surface area contributed by atoms with E-state index in [0.29, 0.717) is 30.5 Å². The Morgan fingerprint density at radius 2 is 1.82 bits per heavy atom. The Morgan fingerprint density at radius 3 is 2.48 bits per heavy atom. The zero-order valence-electron chi connectivity index (χ0n) is 24.0. The van der Waals surface area contributed by atoms with E-state index in [1.54, 1.807) is 29.2 Å². The summed E-state index contributed by atoms with van der Waals surface area (Å²) in [6.45, 7) is 5.85. The van der Waals surface area contributed by atoms with E-state index < -0.39 is 16.1 Å². The lowest BCUT2D eigenvalue weighted by Gasteiger charge is -2.38.